The summed E-state index contributed by atoms with van der Waals surface area (Å²) in [5.74, 6) is -0.272. The highest BCUT2D eigenvalue weighted by atomic mass is 32.2. The second-order valence-electron chi connectivity index (χ2n) is 8.50. The van der Waals surface area contributed by atoms with Crippen molar-refractivity contribution >= 4 is 33.4 Å². The Hall–Kier alpha value is -2.37. The largest absolute Gasteiger partial charge is 0.448 e. The molecule has 0 radical (unpaired) electrons. The average Bonchev–Trinajstić information content (AvgIpc) is 3.05. The standard InChI is InChI=1S/C22H32N4O6S/c27-21(7-10-25-11-16-32-22(25)28)23-19-17-18(33(29,30)26-12-14-31-15-13-26)5-6-20(19)24-8-3-1-2-4-9-24/h5-6,17H,1-4,7-16H2,(H,23,27). The van der Waals surface area contributed by atoms with Gasteiger partial charge < -0.3 is 24.6 Å². The molecule has 0 aliphatic carbocycles. The first kappa shape index (κ1) is 23.8. The number of carbonyl (C=O) groups excluding carboxylic acids is 2. The van der Waals surface area contributed by atoms with Crippen LogP contribution in [-0.2, 0) is 24.3 Å². The van der Waals surface area contributed by atoms with Crippen LogP contribution < -0.4 is 10.2 Å². The number of morpholine rings is 1. The molecule has 2 amide bonds. The fourth-order valence-electron chi connectivity index (χ4n) is 4.38. The van der Waals surface area contributed by atoms with Crippen LogP contribution in [0.2, 0.25) is 0 Å². The maximum absolute atomic E-state index is 13.2. The minimum atomic E-state index is -3.69. The van der Waals surface area contributed by atoms with Crippen LogP contribution in [0.4, 0.5) is 16.2 Å². The molecule has 10 nitrogen and oxygen atoms in total. The van der Waals surface area contributed by atoms with Crippen LogP contribution in [0.25, 0.3) is 0 Å². The summed E-state index contributed by atoms with van der Waals surface area (Å²) in [6, 6.07) is 4.99. The maximum atomic E-state index is 13.2. The van der Waals surface area contributed by atoms with Crippen LogP contribution in [0.5, 0.6) is 0 Å². The van der Waals surface area contributed by atoms with Gasteiger partial charge in [0.1, 0.15) is 6.61 Å². The zero-order valence-electron chi connectivity index (χ0n) is 18.8. The zero-order valence-corrected chi connectivity index (χ0v) is 19.6. The van der Waals surface area contributed by atoms with E-state index >= 15 is 0 Å². The second kappa shape index (κ2) is 10.7. The van der Waals surface area contributed by atoms with E-state index in [2.05, 4.69) is 10.2 Å². The first-order valence-corrected chi connectivity index (χ1v) is 13.1. The van der Waals surface area contributed by atoms with Crippen LogP contribution >= 0.6 is 0 Å². The molecule has 4 rings (SSSR count). The molecule has 0 saturated carbocycles. The van der Waals surface area contributed by atoms with Crippen LogP contribution in [0.3, 0.4) is 0 Å². The molecule has 0 aromatic heterocycles. The summed E-state index contributed by atoms with van der Waals surface area (Å²) in [7, 11) is -3.69. The summed E-state index contributed by atoms with van der Waals surface area (Å²) in [5, 5.41) is 2.92. The molecule has 3 saturated heterocycles. The minimum Gasteiger partial charge on any atom is -0.448 e. The molecule has 1 aromatic rings. The van der Waals surface area contributed by atoms with Gasteiger partial charge in [0.05, 0.1) is 36.0 Å². The Labute approximate surface area is 194 Å². The van der Waals surface area contributed by atoms with Crippen LogP contribution in [-0.4, -0.2) is 88.7 Å². The number of ether oxygens (including phenoxy) is 2. The number of sulfonamides is 1. The van der Waals surface area contributed by atoms with E-state index in [1.54, 1.807) is 18.2 Å². The second-order valence-corrected chi connectivity index (χ2v) is 10.4. The van der Waals surface area contributed by atoms with Gasteiger partial charge >= 0.3 is 6.09 Å². The third kappa shape index (κ3) is 5.77. The van der Waals surface area contributed by atoms with Gasteiger partial charge in [-0.15, -0.1) is 0 Å². The average molecular weight is 481 g/mol. The van der Waals surface area contributed by atoms with Crippen LogP contribution in [0, 0.1) is 0 Å². The lowest BCUT2D eigenvalue weighted by Crippen LogP contribution is -2.40. The summed E-state index contributed by atoms with van der Waals surface area (Å²) in [6.07, 6.45) is 4.12. The predicted molar refractivity (Wildman–Crippen MR) is 123 cm³/mol. The van der Waals surface area contributed by atoms with E-state index in [-0.39, 0.29) is 23.8 Å². The van der Waals surface area contributed by atoms with Gasteiger partial charge in [-0.1, -0.05) is 12.8 Å². The van der Waals surface area contributed by atoms with Crippen molar-refractivity contribution in [2.75, 3.05) is 69.3 Å². The molecule has 3 heterocycles. The van der Waals surface area contributed by atoms with Crippen molar-refractivity contribution < 1.29 is 27.5 Å². The van der Waals surface area contributed by atoms with E-state index in [0.717, 1.165) is 44.5 Å². The quantitative estimate of drug-likeness (QED) is 0.635. The van der Waals surface area contributed by atoms with Crippen molar-refractivity contribution in [2.24, 2.45) is 0 Å². The van der Waals surface area contributed by atoms with E-state index in [9.17, 15) is 18.0 Å². The SMILES string of the molecule is O=C(CCN1CCOC1=O)Nc1cc(S(=O)(=O)N2CCOCC2)ccc1N1CCCCCC1. The van der Waals surface area contributed by atoms with E-state index in [1.807, 2.05) is 0 Å². The molecular weight excluding hydrogens is 448 g/mol. The summed E-state index contributed by atoms with van der Waals surface area (Å²) in [5.41, 5.74) is 1.31. The molecule has 3 aliphatic rings. The van der Waals surface area contributed by atoms with Gasteiger partial charge in [-0.3, -0.25) is 4.79 Å². The lowest BCUT2D eigenvalue weighted by Gasteiger charge is -2.28. The van der Waals surface area contributed by atoms with E-state index in [0.29, 0.717) is 45.1 Å². The number of hydrogen-bond donors (Lipinski definition) is 1. The highest BCUT2D eigenvalue weighted by Crippen LogP contribution is 2.32. The van der Waals surface area contributed by atoms with E-state index in [1.165, 1.54) is 9.21 Å². The Bertz CT molecular complexity index is 956. The molecule has 0 unspecified atom stereocenters. The summed E-state index contributed by atoms with van der Waals surface area (Å²) < 4.78 is 38.0. The number of hydrogen-bond acceptors (Lipinski definition) is 7. The molecule has 1 aromatic carbocycles. The topological polar surface area (TPSA) is 108 Å². The fourth-order valence-corrected chi connectivity index (χ4v) is 5.81. The highest BCUT2D eigenvalue weighted by molar-refractivity contribution is 7.89. The molecule has 33 heavy (non-hydrogen) atoms. The van der Waals surface area contributed by atoms with Crippen molar-refractivity contribution in [3.8, 4) is 0 Å². The zero-order chi connectivity index (χ0) is 23.3. The molecule has 0 spiro atoms. The first-order valence-electron chi connectivity index (χ1n) is 11.6. The first-order chi connectivity index (χ1) is 15.9. The van der Waals surface area contributed by atoms with Gasteiger partial charge in [0.25, 0.3) is 0 Å². The Morgan fingerprint density at radius 2 is 1.70 bits per heavy atom. The number of nitrogens with zero attached hydrogens (tertiary/aromatic N) is 3. The van der Waals surface area contributed by atoms with Crippen molar-refractivity contribution in [3.05, 3.63) is 18.2 Å². The molecule has 11 heteroatoms. The molecule has 3 aliphatic heterocycles. The highest BCUT2D eigenvalue weighted by Gasteiger charge is 2.28. The lowest BCUT2D eigenvalue weighted by atomic mass is 10.2. The fraction of sp³-hybridized carbons (Fsp3) is 0.636. The number of amides is 2. The van der Waals surface area contributed by atoms with Crippen LogP contribution in [0.1, 0.15) is 32.1 Å². The number of benzene rings is 1. The predicted octanol–water partition coefficient (Wildman–Crippen LogP) is 1.87. The maximum Gasteiger partial charge on any atom is 0.409 e. The van der Waals surface area contributed by atoms with Gasteiger partial charge in [0.15, 0.2) is 0 Å². The Morgan fingerprint density at radius 3 is 2.36 bits per heavy atom. The van der Waals surface area contributed by atoms with Gasteiger partial charge in [-0.05, 0) is 31.0 Å². The smallest absolute Gasteiger partial charge is 0.409 e. The van der Waals surface area contributed by atoms with Crippen molar-refractivity contribution in [1.29, 1.82) is 0 Å². The molecule has 1 N–H and O–H groups in total. The van der Waals surface area contributed by atoms with Gasteiger partial charge in [-0.2, -0.15) is 4.31 Å². The van der Waals surface area contributed by atoms with Gasteiger partial charge in [0, 0.05) is 39.1 Å². The van der Waals surface area contributed by atoms with Crippen LogP contribution in [0.15, 0.2) is 23.1 Å². The van der Waals surface area contributed by atoms with E-state index in [4.69, 9.17) is 9.47 Å². The monoisotopic (exact) mass is 480 g/mol. The Balaban J connectivity index is 1.55. The number of nitrogens with one attached hydrogen (secondary N) is 1. The van der Waals surface area contributed by atoms with Crippen molar-refractivity contribution in [1.82, 2.24) is 9.21 Å². The Kier molecular flexibility index (Phi) is 7.71. The molecule has 0 atom stereocenters. The summed E-state index contributed by atoms with van der Waals surface area (Å²) >= 11 is 0. The van der Waals surface area contributed by atoms with Crippen molar-refractivity contribution in [2.45, 2.75) is 37.0 Å². The van der Waals surface area contributed by atoms with Crippen molar-refractivity contribution in [3.63, 3.8) is 0 Å². The van der Waals surface area contributed by atoms with Gasteiger partial charge in [-0.25, -0.2) is 13.2 Å². The lowest BCUT2D eigenvalue weighted by molar-refractivity contribution is -0.116. The molecule has 182 valence electrons. The minimum absolute atomic E-state index is 0.106. The molecule has 0 bridgehead atoms. The molecular formula is C22H32N4O6S. The number of anilines is 2. The molecule has 3 fully saturated rings. The number of cyclic esters (lactones) is 1. The third-order valence-electron chi connectivity index (χ3n) is 6.25. The number of carbonyl (C=O) groups is 2. The number of rotatable bonds is 7. The summed E-state index contributed by atoms with van der Waals surface area (Å²) in [6.45, 7) is 4.14. The normalized spacial score (nSPS) is 20.4. The van der Waals surface area contributed by atoms with E-state index < -0.39 is 16.1 Å². The summed E-state index contributed by atoms with van der Waals surface area (Å²) in [4.78, 5) is 28.2. The van der Waals surface area contributed by atoms with Gasteiger partial charge in [0.2, 0.25) is 15.9 Å². The Morgan fingerprint density at radius 1 is 0.970 bits per heavy atom. The third-order valence-corrected chi connectivity index (χ3v) is 8.15.